The Labute approximate surface area is 151 Å². The fraction of sp³-hybridized carbons (Fsp3) is 0.0455. The van der Waals surface area contributed by atoms with Crippen molar-refractivity contribution in [2.24, 2.45) is 0 Å². The van der Waals surface area contributed by atoms with Gasteiger partial charge in [0.25, 0.3) is 5.91 Å². The highest BCUT2D eigenvalue weighted by Gasteiger charge is 2.08. The number of H-pyrrole nitrogens is 1. The van der Waals surface area contributed by atoms with Crippen LogP contribution in [0.3, 0.4) is 0 Å². The number of benzene rings is 3. The van der Waals surface area contributed by atoms with E-state index in [1.165, 1.54) is 0 Å². The number of amides is 1. The largest absolute Gasteiger partial charge is 0.497 e. The van der Waals surface area contributed by atoms with Crippen LogP contribution in [0.4, 0.5) is 5.69 Å². The van der Waals surface area contributed by atoms with Gasteiger partial charge >= 0.3 is 0 Å². The molecule has 0 bridgehead atoms. The van der Waals surface area contributed by atoms with Gasteiger partial charge < -0.3 is 15.0 Å². The van der Waals surface area contributed by atoms with Crippen LogP contribution < -0.4 is 10.1 Å². The highest BCUT2D eigenvalue weighted by atomic mass is 16.5. The predicted molar refractivity (Wildman–Crippen MR) is 105 cm³/mol. The molecule has 0 atom stereocenters. The van der Waals surface area contributed by atoms with E-state index in [2.05, 4.69) is 22.4 Å². The molecular weight excluding hydrogens is 324 g/mol. The van der Waals surface area contributed by atoms with Crippen molar-refractivity contribution in [3.8, 4) is 17.0 Å². The number of anilines is 1. The van der Waals surface area contributed by atoms with Crippen LogP contribution in [0.15, 0.2) is 78.9 Å². The molecule has 26 heavy (non-hydrogen) atoms. The van der Waals surface area contributed by atoms with Crippen molar-refractivity contribution in [1.82, 2.24) is 4.98 Å². The van der Waals surface area contributed by atoms with Gasteiger partial charge in [-0.15, -0.1) is 0 Å². The molecule has 0 aliphatic carbocycles. The molecule has 4 heteroatoms. The average molecular weight is 342 g/mol. The number of rotatable bonds is 4. The number of ether oxygens (including phenoxy) is 1. The van der Waals surface area contributed by atoms with Crippen LogP contribution in [0.1, 0.15) is 10.4 Å². The summed E-state index contributed by atoms with van der Waals surface area (Å²) in [5.74, 6) is 0.573. The van der Waals surface area contributed by atoms with Crippen LogP contribution in [-0.4, -0.2) is 18.0 Å². The Kier molecular flexibility index (Phi) is 4.15. The standard InChI is InChI=1S/C22H18N2O2/c1-26-19-11-9-15(10-12-19)22(25)23-18-7-4-6-16(13-18)21-14-17-5-2-3-8-20(17)24-21/h2-14,24H,1H3,(H,23,25). The molecular formula is C22H18N2O2. The molecule has 0 aliphatic rings. The van der Waals surface area contributed by atoms with Crippen LogP contribution >= 0.6 is 0 Å². The van der Waals surface area contributed by atoms with E-state index >= 15 is 0 Å². The summed E-state index contributed by atoms with van der Waals surface area (Å²) in [7, 11) is 1.60. The smallest absolute Gasteiger partial charge is 0.255 e. The molecule has 4 nitrogen and oxygen atoms in total. The normalized spacial score (nSPS) is 10.7. The number of carbonyl (C=O) groups is 1. The zero-order valence-corrected chi connectivity index (χ0v) is 14.3. The molecule has 0 saturated carbocycles. The highest BCUT2D eigenvalue weighted by Crippen LogP contribution is 2.26. The first-order chi connectivity index (χ1) is 12.7. The number of nitrogens with one attached hydrogen (secondary N) is 2. The van der Waals surface area contributed by atoms with Gasteiger partial charge in [-0.3, -0.25) is 4.79 Å². The van der Waals surface area contributed by atoms with Gasteiger partial charge in [0.15, 0.2) is 0 Å². The van der Waals surface area contributed by atoms with E-state index < -0.39 is 0 Å². The first kappa shape index (κ1) is 16.0. The Hall–Kier alpha value is -3.53. The van der Waals surface area contributed by atoms with Crippen molar-refractivity contribution in [2.75, 3.05) is 12.4 Å². The lowest BCUT2D eigenvalue weighted by atomic mass is 10.1. The molecule has 0 fully saturated rings. The van der Waals surface area contributed by atoms with Gasteiger partial charge in [0.2, 0.25) is 0 Å². The van der Waals surface area contributed by atoms with E-state index in [0.29, 0.717) is 5.56 Å². The molecule has 2 N–H and O–H groups in total. The van der Waals surface area contributed by atoms with E-state index in [0.717, 1.165) is 33.6 Å². The maximum atomic E-state index is 12.4. The SMILES string of the molecule is COc1ccc(C(=O)Nc2cccc(-c3cc4ccccc4[nH]3)c2)cc1. The third-order valence-corrected chi connectivity index (χ3v) is 4.31. The molecule has 0 saturated heterocycles. The quantitative estimate of drug-likeness (QED) is 0.542. The zero-order chi connectivity index (χ0) is 17.9. The lowest BCUT2D eigenvalue weighted by molar-refractivity contribution is 0.102. The maximum Gasteiger partial charge on any atom is 0.255 e. The first-order valence-corrected chi connectivity index (χ1v) is 8.36. The van der Waals surface area contributed by atoms with Gasteiger partial charge in [-0.1, -0.05) is 30.3 Å². The number of para-hydroxylation sites is 1. The monoisotopic (exact) mass is 342 g/mol. The fourth-order valence-electron chi connectivity index (χ4n) is 2.94. The van der Waals surface area contributed by atoms with Crippen LogP contribution in [0, 0.1) is 0 Å². The Bertz CT molecular complexity index is 1030. The van der Waals surface area contributed by atoms with Crippen molar-refractivity contribution < 1.29 is 9.53 Å². The van der Waals surface area contributed by atoms with Gasteiger partial charge in [-0.25, -0.2) is 0 Å². The van der Waals surface area contributed by atoms with Crippen LogP contribution in [0.25, 0.3) is 22.2 Å². The van der Waals surface area contributed by atoms with Crippen molar-refractivity contribution in [3.05, 3.63) is 84.4 Å². The molecule has 0 spiro atoms. The molecule has 1 aromatic heterocycles. The Morgan fingerprint density at radius 1 is 0.923 bits per heavy atom. The van der Waals surface area contributed by atoms with Crippen LogP contribution in [0.5, 0.6) is 5.75 Å². The van der Waals surface area contributed by atoms with Crippen molar-refractivity contribution >= 4 is 22.5 Å². The second-order valence-electron chi connectivity index (χ2n) is 6.03. The maximum absolute atomic E-state index is 12.4. The summed E-state index contributed by atoms with van der Waals surface area (Å²) in [5.41, 5.74) is 4.47. The minimum Gasteiger partial charge on any atom is -0.497 e. The molecule has 0 aliphatic heterocycles. The Morgan fingerprint density at radius 3 is 2.50 bits per heavy atom. The molecule has 4 aromatic rings. The van der Waals surface area contributed by atoms with Crippen LogP contribution in [0.2, 0.25) is 0 Å². The van der Waals surface area contributed by atoms with E-state index in [-0.39, 0.29) is 5.91 Å². The Balaban J connectivity index is 1.57. The van der Waals surface area contributed by atoms with Crippen molar-refractivity contribution in [2.45, 2.75) is 0 Å². The molecule has 1 amide bonds. The van der Waals surface area contributed by atoms with E-state index in [9.17, 15) is 4.79 Å². The zero-order valence-electron chi connectivity index (χ0n) is 14.3. The molecule has 0 unspecified atom stereocenters. The molecule has 0 radical (unpaired) electrons. The minimum atomic E-state index is -0.151. The second kappa shape index (κ2) is 6.76. The van der Waals surface area contributed by atoms with E-state index in [4.69, 9.17) is 4.74 Å². The number of hydrogen-bond acceptors (Lipinski definition) is 2. The summed E-state index contributed by atoms with van der Waals surface area (Å²) < 4.78 is 5.12. The Morgan fingerprint density at radius 2 is 1.73 bits per heavy atom. The van der Waals surface area contributed by atoms with Gasteiger partial charge in [0.05, 0.1) is 7.11 Å². The number of aromatic amines is 1. The summed E-state index contributed by atoms with van der Waals surface area (Å²) in [6.45, 7) is 0. The minimum absolute atomic E-state index is 0.151. The number of fused-ring (bicyclic) bond motifs is 1. The number of carbonyl (C=O) groups excluding carboxylic acids is 1. The summed E-state index contributed by atoms with van der Waals surface area (Å²) in [4.78, 5) is 15.9. The molecule has 4 rings (SSSR count). The van der Waals surface area contributed by atoms with Gasteiger partial charge in [-0.2, -0.15) is 0 Å². The van der Waals surface area contributed by atoms with Gasteiger partial charge in [-0.05, 0) is 48.5 Å². The topological polar surface area (TPSA) is 54.1 Å². The number of methoxy groups -OCH3 is 1. The lowest BCUT2D eigenvalue weighted by Gasteiger charge is -2.07. The summed E-state index contributed by atoms with van der Waals surface area (Å²) in [6.07, 6.45) is 0. The van der Waals surface area contributed by atoms with E-state index in [1.807, 2.05) is 42.5 Å². The predicted octanol–water partition coefficient (Wildman–Crippen LogP) is 5.10. The molecule has 128 valence electrons. The summed E-state index contributed by atoms with van der Waals surface area (Å²) >= 11 is 0. The van der Waals surface area contributed by atoms with Gasteiger partial charge in [0.1, 0.15) is 5.75 Å². The summed E-state index contributed by atoms with van der Waals surface area (Å²) in [5, 5.41) is 4.11. The van der Waals surface area contributed by atoms with Crippen molar-refractivity contribution in [1.29, 1.82) is 0 Å². The van der Waals surface area contributed by atoms with E-state index in [1.54, 1.807) is 31.4 Å². The summed E-state index contributed by atoms with van der Waals surface area (Å²) in [6, 6.07) is 25.1. The third-order valence-electron chi connectivity index (χ3n) is 4.31. The number of hydrogen-bond donors (Lipinski definition) is 2. The van der Waals surface area contributed by atoms with Crippen LogP contribution in [-0.2, 0) is 0 Å². The lowest BCUT2D eigenvalue weighted by Crippen LogP contribution is -2.11. The number of aromatic nitrogens is 1. The van der Waals surface area contributed by atoms with Crippen molar-refractivity contribution in [3.63, 3.8) is 0 Å². The highest BCUT2D eigenvalue weighted by molar-refractivity contribution is 6.04. The second-order valence-corrected chi connectivity index (χ2v) is 6.03. The van der Waals surface area contributed by atoms with Gasteiger partial charge in [0, 0.05) is 33.4 Å². The molecule has 1 heterocycles. The third kappa shape index (κ3) is 3.17. The first-order valence-electron chi connectivity index (χ1n) is 8.36. The average Bonchev–Trinajstić information content (AvgIpc) is 3.12. The molecule has 3 aromatic carbocycles. The fourth-order valence-corrected chi connectivity index (χ4v) is 2.94.